The fourth-order valence-corrected chi connectivity index (χ4v) is 5.92. The van der Waals surface area contributed by atoms with Gasteiger partial charge in [0.05, 0.1) is 11.3 Å². The molecule has 1 saturated carbocycles. The highest BCUT2D eigenvalue weighted by Crippen LogP contribution is 2.52. The van der Waals surface area contributed by atoms with Gasteiger partial charge in [0.2, 0.25) is 5.88 Å². The Kier molecular flexibility index (Phi) is 5.59. The van der Waals surface area contributed by atoms with E-state index >= 15 is 0 Å². The van der Waals surface area contributed by atoms with Crippen LogP contribution in [0.15, 0.2) is 54.6 Å². The van der Waals surface area contributed by atoms with Gasteiger partial charge in [0, 0.05) is 21.2 Å². The summed E-state index contributed by atoms with van der Waals surface area (Å²) >= 11 is 16.5. The second-order valence-electron chi connectivity index (χ2n) is 8.71. The van der Waals surface area contributed by atoms with Gasteiger partial charge in [-0.15, -0.1) is 0 Å². The van der Waals surface area contributed by atoms with E-state index in [1.54, 1.807) is 0 Å². The lowest BCUT2D eigenvalue weighted by Crippen LogP contribution is -2.60. The highest BCUT2D eigenvalue weighted by Gasteiger charge is 2.58. The Hall–Kier alpha value is -1.88. The number of fused-ring (bicyclic) bond motifs is 1. The van der Waals surface area contributed by atoms with E-state index in [2.05, 4.69) is 15.9 Å². The van der Waals surface area contributed by atoms with Crippen molar-refractivity contribution < 1.29 is 9.53 Å². The number of carbonyl (C=O) groups excluding carboxylic acids is 1. The van der Waals surface area contributed by atoms with Crippen LogP contribution in [-0.4, -0.2) is 20.7 Å². The van der Waals surface area contributed by atoms with Gasteiger partial charge in [0.1, 0.15) is 9.93 Å². The van der Waals surface area contributed by atoms with E-state index in [1.165, 1.54) is 0 Å². The van der Waals surface area contributed by atoms with Crippen LogP contribution in [0.4, 0.5) is 0 Å². The number of Topliss-reactive ketones (excluding diaryl/α,β-unsaturated/α-hetero) is 1. The standard InChI is InChI=1S/C26H22BrCl2NO2/c1-25(27)23(31)20-15-19(16-9-11-17(28)12-10-16)22(18-7-3-4-8-21(18)29)30-24(20)32-26(25)13-5-2-6-14-26/h3-4,7-12,15H,2,5-6,13-14H2,1H3. The van der Waals surface area contributed by atoms with E-state index in [-0.39, 0.29) is 5.78 Å². The summed E-state index contributed by atoms with van der Waals surface area (Å²) in [6.07, 6.45) is 4.86. The molecule has 32 heavy (non-hydrogen) atoms. The molecule has 1 unspecified atom stereocenters. The molecule has 2 aliphatic rings. The average molecular weight is 531 g/mol. The summed E-state index contributed by atoms with van der Waals surface area (Å²) in [5.41, 5.74) is 3.09. The summed E-state index contributed by atoms with van der Waals surface area (Å²) < 4.78 is 5.81. The minimum absolute atomic E-state index is 0.00840. The first-order valence-electron chi connectivity index (χ1n) is 10.8. The molecule has 0 radical (unpaired) electrons. The van der Waals surface area contributed by atoms with Crippen LogP contribution in [0.5, 0.6) is 5.88 Å². The highest BCUT2D eigenvalue weighted by atomic mass is 79.9. The zero-order valence-electron chi connectivity index (χ0n) is 17.6. The molecule has 6 heteroatoms. The number of pyridine rings is 1. The first kappa shape index (κ1) is 21.9. The van der Waals surface area contributed by atoms with Gasteiger partial charge < -0.3 is 4.74 Å². The minimum atomic E-state index is -0.807. The lowest BCUT2D eigenvalue weighted by atomic mass is 9.71. The number of halogens is 3. The Balaban J connectivity index is 1.75. The number of ether oxygens (including phenoxy) is 1. The molecule has 1 aromatic heterocycles. The summed E-state index contributed by atoms with van der Waals surface area (Å²) in [6, 6.07) is 17.0. The number of alkyl halides is 1. The number of nitrogens with zero attached hydrogens (tertiary/aromatic N) is 1. The molecular weight excluding hydrogens is 509 g/mol. The number of aromatic nitrogens is 1. The van der Waals surface area contributed by atoms with Crippen LogP contribution in [0.25, 0.3) is 22.4 Å². The monoisotopic (exact) mass is 529 g/mol. The molecule has 0 N–H and O–H groups in total. The number of rotatable bonds is 2. The molecule has 0 saturated heterocycles. The van der Waals surface area contributed by atoms with Crippen LogP contribution in [0.3, 0.4) is 0 Å². The van der Waals surface area contributed by atoms with Crippen molar-refractivity contribution in [3.8, 4) is 28.3 Å². The zero-order chi connectivity index (χ0) is 22.5. The molecule has 5 rings (SSSR count). The van der Waals surface area contributed by atoms with Crippen molar-refractivity contribution >= 4 is 44.9 Å². The van der Waals surface area contributed by atoms with Crippen LogP contribution >= 0.6 is 39.1 Å². The van der Waals surface area contributed by atoms with E-state index in [9.17, 15) is 4.79 Å². The van der Waals surface area contributed by atoms with Gasteiger partial charge in [0.25, 0.3) is 0 Å². The maximum absolute atomic E-state index is 13.8. The van der Waals surface area contributed by atoms with Crippen molar-refractivity contribution in [2.24, 2.45) is 0 Å². The van der Waals surface area contributed by atoms with Crippen LogP contribution in [0.2, 0.25) is 10.0 Å². The molecule has 2 heterocycles. The maximum atomic E-state index is 13.8. The Morgan fingerprint density at radius 2 is 1.62 bits per heavy atom. The molecule has 3 aromatic rings. The van der Waals surface area contributed by atoms with Crippen LogP contribution < -0.4 is 4.74 Å². The molecule has 1 spiro atoms. The molecule has 2 aromatic carbocycles. The zero-order valence-corrected chi connectivity index (χ0v) is 20.7. The van der Waals surface area contributed by atoms with Gasteiger partial charge >= 0.3 is 0 Å². The minimum Gasteiger partial charge on any atom is -0.469 e. The molecular formula is C26H22BrCl2NO2. The third-order valence-electron chi connectivity index (χ3n) is 6.75. The topological polar surface area (TPSA) is 39.2 Å². The average Bonchev–Trinajstić information content (AvgIpc) is 2.79. The van der Waals surface area contributed by atoms with Crippen LogP contribution in [-0.2, 0) is 0 Å². The molecule has 1 fully saturated rings. The molecule has 164 valence electrons. The lowest BCUT2D eigenvalue weighted by Gasteiger charge is -2.49. The first-order valence-corrected chi connectivity index (χ1v) is 12.4. The van der Waals surface area contributed by atoms with Crippen molar-refractivity contribution in [2.75, 3.05) is 0 Å². The number of hydrogen-bond acceptors (Lipinski definition) is 3. The van der Waals surface area contributed by atoms with Gasteiger partial charge in [-0.25, -0.2) is 4.98 Å². The third kappa shape index (κ3) is 3.48. The Morgan fingerprint density at radius 3 is 2.31 bits per heavy atom. The SMILES string of the molecule is CC1(Br)C(=O)c2cc(-c3ccc(Cl)cc3)c(-c3ccccc3Cl)nc2OC12CCCCC2. The first-order chi connectivity index (χ1) is 15.3. The fraction of sp³-hybridized carbons (Fsp3) is 0.308. The largest absolute Gasteiger partial charge is 0.469 e. The number of carbonyl (C=O) groups is 1. The number of benzene rings is 2. The fourth-order valence-electron chi connectivity index (χ4n) is 4.88. The van der Waals surface area contributed by atoms with E-state index in [0.29, 0.717) is 27.2 Å². The molecule has 1 aliphatic heterocycles. The van der Waals surface area contributed by atoms with Crippen molar-refractivity contribution in [2.45, 2.75) is 49.0 Å². The molecule has 1 atom stereocenters. The van der Waals surface area contributed by atoms with Crippen LogP contribution in [0.1, 0.15) is 49.4 Å². The molecule has 1 aliphatic carbocycles. The summed E-state index contributed by atoms with van der Waals surface area (Å²) in [6.45, 7) is 1.94. The quantitative estimate of drug-likeness (QED) is 0.314. The summed E-state index contributed by atoms with van der Waals surface area (Å²) in [4.78, 5) is 18.7. The van der Waals surface area contributed by atoms with Gasteiger partial charge in [-0.05, 0) is 62.4 Å². The van der Waals surface area contributed by atoms with E-state index < -0.39 is 9.93 Å². The number of hydrogen-bond donors (Lipinski definition) is 0. The van der Waals surface area contributed by atoms with E-state index in [0.717, 1.165) is 48.8 Å². The molecule has 3 nitrogen and oxygen atoms in total. The molecule has 0 bridgehead atoms. The second-order valence-corrected chi connectivity index (χ2v) is 11.1. The smallest absolute Gasteiger partial charge is 0.225 e. The van der Waals surface area contributed by atoms with Crippen molar-refractivity contribution in [1.29, 1.82) is 0 Å². The lowest BCUT2D eigenvalue weighted by molar-refractivity contribution is -0.00861. The van der Waals surface area contributed by atoms with Crippen LogP contribution in [0, 0.1) is 0 Å². The summed E-state index contributed by atoms with van der Waals surface area (Å²) in [7, 11) is 0. The summed E-state index contributed by atoms with van der Waals surface area (Å²) in [5.74, 6) is 0.399. The highest BCUT2D eigenvalue weighted by molar-refractivity contribution is 9.10. The maximum Gasteiger partial charge on any atom is 0.225 e. The van der Waals surface area contributed by atoms with Crippen molar-refractivity contribution in [3.63, 3.8) is 0 Å². The van der Waals surface area contributed by atoms with E-state index in [1.807, 2.05) is 61.5 Å². The number of ketones is 1. The Bertz CT molecular complexity index is 1200. The van der Waals surface area contributed by atoms with Gasteiger partial charge in [-0.2, -0.15) is 0 Å². The second kappa shape index (κ2) is 8.16. The Morgan fingerprint density at radius 1 is 0.938 bits per heavy atom. The predicted octanol–water partition coefficient (Wildman–Crippen LogP) is 8.15. The Labute approximate surface area is 206 Å². The normalized spacial score (nSPS) is 21.8. The van der Waals surface area contributed by atoms with Gasteiger partial charge in [0.15, 0.2) is 5.78 Å². The molecule has 0 amide bonds. The van der Waals surface area contributed by atoms with Crippen molar-refractivity contribution in [1.82, 2.24) is 4.98 Å². The third-order valence-corrected chi connectivity index (χ3v) is 8.42. The van der Waals surface area contributed by atoms with E-state index in [4.69, 9.17) is 32.9 Å². The summed E-state index contributed by atoms with van der Waals surface area (Å²) in [5, 5.41) is 1.24. The van der Waals surface area contributed by atoms with Gasteiger partial charge in [-0.3, -0.25) is 4.79 Å². The predicted molar refractivity (Wildman–Crippen MR) is 133 cm³/mol. The van der Waals surface area contributed by atoms with Gasteiger partial charge in [-0.1, -0.05) is 75.9 Å². The van der Waals surface area contributed by atoms with Crippen molar-refractivity contribution in [3.05, 3.63) is 70.2 Å².